The van der Waals surface area contributed by atoms with E-state index in [4.69, 9.17) is 0 Å². The van der Waals surface area contributed by atoms with Crippen LogP contribution in [0.2, 0.25) is 0 Å². The zero-order valence-electron chi connectivity index (χ0n) is 15.9. The number of rotatable bonds is 3. The van der Waals surface area contributed by atoms with Crippen molar-refractivity contribution in [3.8, 4) is 0 Å². The van der Waals surface area contributed by atoms with E-state index in [1.165, 1.54) is 12.1 Å². The molecule has 3 atom stereocenters. The van der Waals surface area contributed by atoms with Crippen molar-refractivity contribution in [2.75, 3.05) is 0 Å². The molecule has 1 saturated heterocycles. The number of aromatic nitrogens is 3. The van der Waals surface area contributed by atoms with Crippen LogP contribution >= 0.6 is 0 Å². The van der Waals surface area contributed by atoms with Gasteiger partial charge in [-0.05, 0) is 36.3 Å². The van der Waals surface area contributed by atoms with E-state index in [0.717, 1.165) is 12.1 Å². The molecule has 0 saturated carbocycles. The summed E-state index contributed by atoms with van der Waals surface area (Å²) in [5, 5.41) is 22.8. The van der Waals surface area contributed by atoms with E-state index in [9.17, 15) is 18.3 Å². The molecule has 0 spiro atoms. The average Bonchev–Trinajstić information content (AvgIpc) is 3.04. The highest BCUT2D eigenvalue weighted by Gasteiger charge is 2.41. The lowest BCUT2D eigenvalue weighted by molar-refractivity contribution is -0.137. The number of nitrogens with zero attached hydrogens (tertiary/aromatic N) is 3. The second-order valence-electron chi connectivity index (χ2n) is 8.39. The summed E-state index contributed by atoms with van der Waals surface area (Å²) in [6.07, 6.45) is -1.83. The largest absolute Gasteiger partial charge is 0.416 e. The molecule has 2 heterocycles. The summed E-state index contributed by atoms with van der Waals surface area (Å²) in [6.45, 7) is 1.94. The Morgan fingerprint density at radius 3 is 2.33 bits per heavy atom. The van der Waals surface area contributed by atoms with Gasteiger partial charge in [0.05, 0.1) is 22.9 Å². The van der Waals surface area contributed by atoms with E-state index in [1.54, 1.807) is 4.68 Å². The summed E-state index contributed by atoms with van der Waals surface area (Å²) in [7, 11) is 6.04. The van der Waals surface area contributed by atoms with Gasteiger partial charge in [-0.3, -0.25) is 4.68 Å². The molecule has 0 radical (unpaired) electrons. The molecule has 0 bridgehead atoms. The molecule has 2 aromatic rings. The third-order valence-electron chi connectivity index (χ3n) is 4.98. The highest BCUT2D eigenvalue weighted by molar-refractivity contribution is 6.56. The molecule has 11 heteroatoms. The minimum Gasteiger partial charge on any atom is -0.385 e. The third-order valence-corrected chi connectivity index (χ3v) is 4.98. The fourth-order valence-electron chi connectivity index (χ4n) is 3.55. The van der Waals surface area contributed by atoms with Gasteiger partial charge in [0.25, 0.3) is 0 Å². The maximum absolute atomic E-state index is 12.8. The summed E-state index contributed by atoms with van der Waals surface area (Å²) >= 11 is 0. The van der Waals surface area contributed by atoms with Gasteiger partial charge in [0.2, 0.25) is 0 Å². The SMILES string of the molecule is BC(B)(B)n1cc([C@@H]2CC(O)(c3ccc(C(F)(F)F)cc3)C[C@H](C)N2)nn1. The lowest BCUT2D eigenvalue weighted by atomic mass is 9.49. The molecule has 1 aliphatic rings. The number of hydrogen-bond acceptors (Lipinski definition) is 4. The second kappa shape index (κ2) is 6.70. The maximum atomic E-state index is 12.8. The summed E-state index contributed by atoms with van der Waals surface area (Å²) in [4.78, 5) is 0. The van der Waals surface area contributed by atoms with Gasteiger partial charge in [-0.2, -0.15) is 13.2 Å². The lowest BCUT2D eigenvalue weighted by Crippen LogP contribution is -2.47. The van der Waals surface area contributed by atoms with E-state index in [0.29, 0.717) is 24.1 Å². The number of halogens is 3. The van der Waals surface area contributed by atoms with Crippen LogP contribution in [0.4, 0.5) is 13.2 Å². The average molecular weight is 376 g/mol. The van der Waals surface area contributed by atoms with E-state index >= 15 is 0 Å². The summed E-state index contributed by atoms with van der Waals surface area (Å²) in [6, 6.07) is 4.50. The van der Waals surface area contributed by atoms with Crippen molar-refractivity contribution >= 4 is 23.5 Å². The van der Waals surface area contributed by atoms with Gasteiger partial charge in [0.15, 0.2) is 0 Å². The Labute approximate surface area is 158 Å². The molecular weight excluding hydrogens is 354 g/mol. The first-order chi connectivity index (χ1) is 12.4. The van der Waals surface area contributed by atoms with Crippen molar-refractivity contribution in [2.24, 2.45) is 0 Å². The van der Waals surface area contributed by atoms with Crippen LogP contribution in [0.25, 0.3) is 0 Å². The predicted molar refractivity (Wildman–Crippen MR) is 104 cm³/mol. The zero-order valence-corrected chi connectivity index (χ0v) is 15.9. The number of benzene rings is 1. The van der Waals surface area contributed by atoms with Crippen LogP contribution < -0.4 is 5.32 Å². The van der Waals surface area contributed by atoms with Crippen LogP contribution in [-0.4, -0.2) is 49.7 Å². The maximum Gasteiger partial charge on any atom is 0.416 e. The number of piperidine rings is 1. The first-order valence-corrected chi connectivity index (χ1v) is 8.97. The lowest BCUT2D eigenvalue weighted by Gasteiger charge is -2.41. The van der Waals surface area contributed by atoms with Crippen molar-refractivity contribution in [2.45, 2.75) is 48.9 Å². The molecule has 2 N–H and O–H groups in total. The fraction of sp³-hybridized carbons (Fsp3) is 0.500. The molecule has 1 aliphatic heterocycles. The molecule has 1 unspecified atom stereocenters. The van der Waals surface area contributed by atoms with E-state index in [-0.39, 0.29) is 17.3 Å². The van der Waals surface area contributed by atoms with Gasteiger partial charge in [-0.25, -0.2) is 0 Å². The van der Waals surface area contributed by atoms with E-state index < -0.39 is 17.3 Å². The summed E-state index contributed by atoms with van der Waals surface area (Å²) in [5.41, 5.74) is -0.759. The molecule has 5 nitrogen and oxygen atoms in total. The normalized spacial score (nSPS) is 26.9. The molecule has 0 amide bonds. The summed E-state index contributed by atoms with van der Waals surface area (Å²) in [5.74, 6) is 0. The van der Waals surface area contributed by atoms with Crippen LogP contribution in [-0.2, 0) is 17.0 Å². The van der Waals surface area contributed by atoms with Gasteiger partial charge in [-0.1, -0.05) is 17.3 Å². The van der Waals surface area contributed by atoms with Crippen molar-refractivity contribution in [3.05, 3.63) is 47.3 Å². The first-order valence-electron chi connectivity index (χ1n) is 8.97. The van der Waals surface area contributed by atoms with Gasteiger partial charge < -0.3 is 10.4 Å². The molecule has 1 aromatic heterocycles. The molecular formula is C16H22B3F3N4O. The van der Waals surface area contributed by atoms with Crippen LogP contribution in [0.5, 0.6) is 0 Å². The van der Waals surface area contributed by atoms with Gasteiger partial charge in [0.1, 0.15) is 23.5 Å². The van der Waals surface area contributed by atoms with Crippen molar-refractivity contribution in [3.63, 3.8) is 0 Å². The smallest absolute Gasteiger partial charge is 0.385 e. The third kappa shape index (κ3) is 4.24. The van der Waals surface area contributed by atoms with Crippen molar-refractivity contribution in [1.29, 1.82) is 0 Å². The number of aliphatic hydroxyl groups is 1. The zero-order chi connectivity index (χ0) is 20.0. The van der Waals surface area contributed by atoms with Crippen LogP contribution in [0.15, 0.2) is 30.5 Å². The highest BCUT2D eigenvalue weighted by atomic mass is 19.4. The Kier molecular flexibility index (Phi) is 4.97. The Balaban J connectivity index is 1.86. The molecule has 3 rings (SSSR count). The molecule has 27 heavy (non-hydrogen) atoms. The van der Waals surface area contributed by atoms with Gasteiger partial charge in [0, 0.05) is 18.7 Å². The first kappa shape index (κ1) is 20.0. The summed E-state index contributed by atoms with van der Waals surface area (Å²) < 4.78 is 40.2. The number of nitrogens with one attached hydrogen (secondary N) is 1. The topological polar surface area (TPSA) is 63.0 Å². The highest BCUT2D eigenvalue weighted by Crippen LogP contribution is 2.40. The van der Waals surface area contributed by atoms with Crippen LogP contribution in [0.3, 0.4) is 0 Å². The van der Waals surface area contributed by atoms with Crippen molar-refractivity contribution in [1.82, 2.24) is 20.3 Å². The monoisotopic (exact) mass is 376 g/mol. The Morgan fingerprint density at radius 2 is 1.81 bits per heavy atom. The molecule has 0 aliphatic carbocycles. The predicted octanol–water partition coefficient (Wildman–Crippen LogP) is -0.535. The Bertz CT molecular complexity index is 806. The van der Waals surface area contributed by atoms with Crippen molar-refractivity contribution < 1.29 is 18.3 Å². The molecule has 1 aromatic carbocycles. The minimum atomic E-state index is -4.39. The number of alkyl halides is 3. The Hall–Kier alpha value is -1.74. The van der Waals surface area contributed by atoms with E-state index in [1.807, 2.05) is 36.7 Å². The number of hydrogen-bond donors (Lipinski definition) is 2. The van der Waals surface area contributed by atoms with Crippen LogP contribution in [0, 0.1) is 0 Å². The minimum absolute atomic E-state index is 0.0316. The van der Waals surface area contributed by atoms with Gasteiger partial charge in [-0.15, -0.1) is 5.10 Å². The standard InChI is InChI=1S/C16H22B3F3N4O/c1-9-6-14(27,10-2-4-11(5-3-10)15(20,21)22)7-12(23-9)13-8-26(25-24-13)16(17,18)19/h2-5,8-9,12,23,27H,6-7,17-19H2,1H3/t9-,12-,14?/m0/s1. The quantitative estimate of drug-likeness (QED) is 0.708. The second-order valence-corrected chi connectivity index (χ2v) is 8.39. The fourth-order valence-corrected chi connectivity index (χ4v) is 3.55. The van der Waals surface area contributed by atoms with Crippen LogP contribution in [0.1, 0.15) is 42.6 Å². The van der Waals surface area contributed by atoms with Gasteiger partial charge >= 0.3 is 6.18 Å². The van der Waals surface area contributed by atoms with E-state index in [2.05, 4.69) is 15.6 Å². The molecule has 1 fully saturated rings. The molecule has 142 valence electrons. The Morgan fingerprint density at radius 1 is 1.19 bits per heavy atom.